The highest BCUT2D eigenvalue weighted by atomic mass is 35.5. The Labute approximate surface area is 181 Å². The molecular weight excluding hydrogens is 398 g/mol. The third-order valence-corrected chi connectivity index (χ3v) is 5.89. The number of halogens is 1. The van der Waals surface area contributed by atoms with Crippen molar-refractivity contribution >= 4 is 11.6 Å². The Morgan fingerprint density at radius 3 is 2.67 bits per heavy atom. The summed E-state index contributed by atoms with van der Waals surface area (Å²) in [5.41, 5.74) is 3.31. The molecule has 0 bridgehead atoms. The van der Waals surface area contributed by atoms with Crippen LogP contribution in [0.3, 0.4) is 0 Å². The topological polar surface area (TPSA) is 47.4 Å². The minimum atomic E-state index is -0.0687. The summed E-state index contributed by atoms with van der Waals surface area (Å²) in [4.78, 5) is 19.0. The molecule has 1 aliphatic rings. The number of pyridine rings is 2. The van der Waals surface area contributed by atoms with Crippen LogP contribution in [0.4, 0.5) is 0 Å². The minimum Gasteiger partial charge on any atom is -0.487 e. The van der Waals surface area contributed by atoms with Crippen LogP contribution in [0.25, 0.3) is 0 Å². The predicted molar refractivity (Wildman–Crippen MR) is 119 cm³/mol. The standard InChI is InChI=1S/C24H26ClN3O2/c1-27-12-2-3-23(27)19-6-4-18(5-7-19)10-13-28-14-11-22(15-24(28)29)30-17-21-9-8-20(25)16-26-21/h4-9,11,14-16,23H,2-3,10,12-13,17H2,1H3. The van der Waals surface area contributed by atoms with Crippen molar-refractivity contribution in [3.8, 4) is 5.75 Å². The molecule has 3 heterocycles. The molecule has 0 amide bonds. The molecule has 0 spiro atoms. The van der Waals surface area contributed by atoms with Gasteiger partial charge < -0.3 is 9.30 Å². The Morgan fingerprint density at radius 2 is 2.00 bits per heavy atom. The summed E-state index contributed by atoms with van der Waals surface area (Å²) in [6, 6.07) is 16.3. The van der Waals surface area contributed by atoms with E-state index in [1.54, 1.807) is 29.1 Å². The highest BCUT2D eigenvalue weighted by molar-refractivity contribution is 6.30. The van der Waals surface area contributed by atoms with E-state index < -0.39 is 0 Å². The summed E-state index contributed by atoms with van der Waals surface area (Å²) in [6.07, 6.45) is 6.68. The maximum absolute atomic E-state index is 12.4. The van der Waals surface area contributed by atoms with E-state index in [1.807, 2.05) is 6.07 Å². The van der Waals surface area contributed by atoms with Crippen LogP contribution in [-0.4, -0.2) is 28.0 Å². The van der Waals surface area contributed by atoms with E-state index in [0.29, 0.717) is 30.0 Å². The van der Waals surface area contributed by atoms with Gasteiger partial charge in [-0.15, -0.1) is 0 Å². The van der Waals surface area contributed by atoms with Crippen molar-refractivity contribution in [3.05, 3.63) is 93.1 Å². The lowest BCUT2D eigenvalue weighted by atomic mass is 10.0. The van der Waals surface area contributed by atoms with E-state index >= 15 is 0 Å². The minimum absolute atomic E-state index is 0.0687. The Balaban J connectivity index is 1.32. The molecule has 2 aromatic heterocycles. The summed E-state index contributed by atoms with van der Waals surface area (Å²) in [5.74, 6) is 0.540. The Kier molecular flexibility index (Phi) is 6.50. The fraction of sp³-hybridized carbons (Fsp3) is 0.333. The van der Waals surface area contributed by atoms with Gasteiger partial charge in [0.1, 0.15) is 12.4 Å². The van der Waals surface area contributed by atoms with E-state index in [-0.39, 0.29) is 5.56 Å². The zero-order chi connectivity index (χ0) is 20.9. The number of rotatable bonds is 7. The fourth-order valence-electron chi connectivity index (χ4n) is 3.90. The zero-order valence-corrected chi connectivity index (χ0v) is 17.9. The van der Waals surface area contributed by atoms with Crippen LogP contribution >= 0.6 is 11.6 Å². The van der Waals surface area contributed by atoms with Gasteiger partial charge in [0.25, 0.3) is 5.56 Å². The van der Waals surface area contributed by atoms with Crippen LogP contribution in [0.2, 0.25) is 5.02 Å². The molecule has 5 nitrogen and oxygen atoms in total. The predicted octanol–water partition coefficient (Wildman–Crippen LogP) is 4.49. The number of hydrogen-bond acceptors (Lipinski definition) is 4. The molecule has 0 N–H and O–H groups in total. The molecule has 0 radical (unpaired) electrons. The van der Waals surface area contributed by atoms with Gasteiger partial charge in [-0.3, -0.25) is 14.7 Å². The Morgan fingerprint density at radius 1 is 1.17 bits per heavy atom. The quantitative estimate of drug-likeness (QED) is 0.562. The van der Waals surface area contributed by atoms with Crippen LogP contribution in [0, 0.1) is 0 Å². The second-order valence-corrected chi connectivity index (χ2v) is 8.22. The lowest BCUT2D eigenvalue weighted by Gasteiger charge is -2.20. The molecule has 3 aromatic rings. The molecular formula is C24H26ClN3O2. The van der Waals surface area contributed by atoms with E-state index in [0.717, 1.165) is 12.1 Å². The number of benzene rings is 1. The smallest absolute Gasteiger partial charge is 0.254 e. The van der Waals surface area contributed by atoms with Crippen molar-refractivity contribution in [2.45, 2.75) is 38.5 Å². The summed E-state index contributed by atoms with van der Waals surface area (Å²) in [6.45, 7) is 2.11. The van der Waals surface area contributed by atoms with E-state index in [4.69, 9.17) is 16.3 Å². The average Bonchev–Trinajstić information content (AvgIpc) is 3.19. The Hall–Kier alpha value is -2.63. The van der Waals surface area contributed by atoms with Gasteiger partial charge in [-0.1, -0.05) is 35.9 Å². The van der Waals surface area contributed by atoms with Crippen molar-refractivity contribution in [3.63, 3.8) is 0 Å². The van der Waals surface area contributed by atoms with Crippen molar-refractivity contribution < 1.29 is 4.74 Å². The number of nitrogens with zero attached hydrogens (tertiary/aromatic N) is 3. The van der Waals surface area contributed by atoms with Crippen molar-refractivity contribution in [2.75, 3.05) is 13.6 Å². The van der Waals surface area contributed by atoms with Gasteiger partial charge in [0.15, 0.2) is 0 Å². The molecule has 1 saturated heterocycles. The fourth-order valence-corrected chi connectivity index (χ4v) is 4.01. The normalized spacial score (nSPS) is 16.7. The number of aryl methyl sites for hydroxylation is 2. The molecule has 1 aromatic carbocycles. The average molecular weight is 424 g/mol. The van der Waals surface area contributed by atoms with Gasteiger partial charge in [0, 0.05) is 31.0 Å². The van der Waals surface area contributed by atoms with E-state index in [9.17, 15) is 4.79 Å². The largest absolute Gasteiger partial charge is 0.487 e. The second kappa shape index (κ2) is 9.45. The number of aromatic nitrogens is 2. The summed E-state index contributed by atoms with van der Waals surface area (Å²) in [5, 5.41) is 0.585. The van der Waals surface area contributed by atoms with Gasteiger partial charge in [0.2, 0.25) is 0 Å². The second-order valence-electron chi connectivity index (χ2n) is 7.78. The molecule has 30 heavy (non-hydrogen) atoms. The maximum atomic E-state index is 12.4. The van der Waals surface area contributed by atoms with Crippen LogP contribution in [-0.2, 0) is 19.6 Å². The molecule has 1 fully saturated rings. The molecule has 0 saturated carbocycles. The lowest BCUT2D eigenvalue weighted by molar-refractivity contribution is 0.300. The molecule has 156 valence electrons. The monoisotopic (exact) mass is 423 g/mol. The van der Waals surface area contributed by atoms with Gasteiger partial charge in [0.05, 0.1) is 10.7 Å². The van der Waals surface area contributed by atoms with Gasteiger partial charge >= 0.3 is 0 Å². The lowest BCUT2D eigenvalue weighted by Crippen LogP contribution is -2.20. The molecule has 4 rings (SSSR count). The highest BCUT2D eigenvalue weighted by Crippen LogP contribution is 2.30. The first kappa shape index (κ1) is 20.6. The van der Waals surface area contributed by atoms with Crippen LogP contribution in [0.15, 0.2) is 65.7 Å². The van der Waals surface area contributed by atoms with Crippen molar-refractivity contribution in [1.82, 2.24) is 14.5 Å². The SMILES string of the molecule is CN1CCCC1c1ccc(CCn2ccc(OCc3ccc(Cl)cn3)cc2=O)cc1. The van der Waals surface area contributed by atoms with Crippen LogP contribution < -0.4 is 10.3 Å². The molecule has 1 unspecified atom stereocenters. The summed E-state index contributed by atoms with van der Waals surface area (Å²) < 4.78 is 7.39. The number of hydrogen-bond donors (Lipinski definition) is 0. The zero-order valence-electron chi connectivity index (χ0n) is 17.1. The first-order chi connectivity index (χ1) is 14.6. The number of likely N-dealkylation sites (tertiary alicyclic amines) is 1. The number of ether oxygens (including phenoxy) is 1. The van der Waals surface area contributed by atoms with E-state index in [2.05, 4.69) is 41.2 Å². The Bertz CT molecular complexity index is 1030. The van der Waals surface area contributed by atoms with E-state index in [1.165, 1.54) is 36.6 Å². The molecule has 1 atom stereocenters. The van der Waals surface area contributed by atoms with Gasteiger partial charge in [-0.2, -0.15) is 0 Å². The maximum Gasteiger partial charge on any atom is 0.254 e. The van der Waals surface area contributed by atoms with Crippen LogP contribution in [0.1, 0.15) is 35.7 Å². The summed E-state index contributed by atoms with van der Waals surface area (Å²) >= 11 is 5.83. The van der Waals surface area contributed by atoms with Crippen molar-refractivity contribution in [1.29, 1.82) is 0 Å². The van der Waals surface area contributed by atoms with Gasteiger partial charge in [-0.05, 0) is 62.2 Å². The van der Waals surface area contributed by atoms with Gasteiger partial charge in [-0.25, -0.2) is 0 Å². The third-order valence-electron chi connectivity index (χ3n) is 5.67. The summed E-state index contributed by atoms with van der Waals surface area (Å²) in [7, 11) is 2.19. The first-order valence-electron chi connectivity index (χ1n) is 10.3. The first-order valence-corrected chi connectivity index (χ1v) is 10.7. The van der Waals surface area contributed by atoms with Crippen molar-refractivity contribution in [2.24, 2.45) is 0 Å². The molecule has 6 heteroatoms. The third kappa shape index (κ3) is 5.10. The highest BCUT2D eigenvalue weighted by Gasteiger charge is 2.22. The van der Waals surface area contributed by atoms with Crippen LogP contribution in [0.5, 0.6) is 5.75 Å². The molecule has 1 aliphatic heterocycles. The molecule has 0 aliphatic carbocycles.